The van der Waals surface area contributed by atoms with Crippen molar-refractivity contribution in [2.45, 2.75) is 52.0 Å². The Morgan fingerprint density at radius 2 is 1.91 bits per heavy atom. The first-order valence-corrected chi connectivity index (χ1v) is 8.07. The van der Waals surface area contributed by atoms with E-state index in [-0.39, 0.29) is 5.82 Å². The van der Waals surface area contributed by atoms with E-state index in [0.29, 0.717) is 6.04 Å². The summed E-state index contributed by atoms with van der Waals surface area (Å²) < 4.78 is 13.7. The van der Waals surface area contributed by atoms with Crippen LogP contribution in [0.25, 0.3) is 5.57 Å². The van der Waals surface area contributed by atoms with Gasteiger partial charge >= 0.3 is 0 Å². The highest BCUT2D eigenvalue weighted by atomic mass is 19.1. The number of hydrogen-bond acceptors (Lipinski definition) is 1. The van der Waals surface area contributed by atoms with Crippen LogP contribution in [0.5, 0.6) is 0 Å². The topological polar surface area (TPSA) is 3.24 Å². The third-order valence-corrected chi connectivity index (χ3v) is 4.21. The van der Waals surface area contributed by atoms with Gasteiger partial charge in [-0.05, 0) is 56.7 Å². The molecule has 0 amide bonds. The van der Waals surface area contributed by atoms with Gasteiger partial charge in [0.15, 0.2) is 0 Å². The van der Waals surface area contributed by atoms with Gasteiger partial charge in [0.2, 0.25) is 0 Å². The minimum absolute atomic E-state index is 0.227. The first-order chi connectivity index (χ1) is 10.5. The summed E-state index contributed by atoms with van der Waals surface area (Å²) in [6.45, 7) is 12.2. The number of anilines is 1. The first-order valence-electron chi connectivity index (χ1n) is 8.07. The van der Waals surface area contributed by atoms with E-state index in [4.69, 9.17) is 0 Å². The van der Waals surface area contributed by atoms with Crippen molar-refractivity contribution >= 4 is 11.3 Å². The van der Waals surface area contributed by atoms with Crippen molar-refractivity contribution in [3.63, 3.8) is 0 Å². The van der Waals surface area contributed by atoms with Crippen LogP contribution < -0.4 is 4.90 Å². The zero-order chi connectivity index (χ0) is 16.1. The molecule has 0 aromatic heterocycles. The average molecular weight is 299 g/mol. The third-order valence-electron chi connectivity index (χ3n) is 4.21. The molecule has 0 aliphatic heterocycles. The smallest absolute Gasteiger partial charge is 0.123 e. The molecule has 22 heavy (non-hydrogen) atoms. The van der Waals surface area contributed by atoms with Crippen molar-refractivity contribution in [1.82, 2.24) is 0 Å². The maximum atomic E-state index is 13.7. The van der Waals surface area contributed by atoms with Gasteiger partial charge in [-0.2, -0.15) is 0 Å². The molecule has 1 aromatic rings. The van der Waals surface area contributed by atoms with Crippen LogP contribution in [0.2, 0.25) is 0 Å². The third kappa shape index (κ3) is 3.88. The van der Waals surface area contributed by atoms with Gasteiger partial charge in [0.25, 0.3) is 0 Å². The van der Waals surface area contributed by atoms with E-state index in [9.17, 15) is 4.39 Å². The number of nitrogens with zero attached hydrogens (tertiary/aromatic N) is 1. The molecule has 0 heterocycles. The lowest BCUT2D eigenvalue weighted by atomic mass is 9.93. The average Bonchev–Trinajstić information content (AvgIpc) is 2.49. The van der Waals surface area contributed by atoms with Crippen molar-refractivity contribution in [3.05, 3.63) is 60.6 Å². The molecule has 1 aliphatic carbocycles. The normalized spacial score (nSPS) is 15.2. The maximum Gasteiger partial charge on any atom is 0.123 e. The Hall–Kier alpha value is -1.83. The number of allylic oxidation sites excluding steroid dienone is 3. The predicted octanol–water partition coefficient (Wildman–Crippen LogP) is 6.09. The highest BCUT2D eigenvalue weighted by Gasteiger charge is 2.22. The van der Waals surface area contributed by atoms with Crippen molar-refractivity contribution in [3.8, 4) is 0 Å². The molecule has 0 saturated heterocycles. The van der Waals surface area contributed by atoms with E-state index in [0.717, 1.165) is 35.2 Å². The largest absolute Gasteiger partial charge is 0.345 e. The number of halogens is 1. The van der Waals surface area contributed by atoms with E-state index < -0.39 is 0 Å². The van der Waals surface area contributed by atoms with E-state index in [2.05, 4.69) is 18.1 Å². The van der Waals surface area contributed by atoms with Gasteiger partial charge in [0, 0.05) is 17.3 Å². The van der Waals surface area contributed by atoms with E-state index in [1.165, 1.54) is 25.3 Å². The Bertz CT molecular complexity index is 575. The Morgan fingerprint density at radius 3 is 2.50 bits per heavy atom. The molecule has 2 heteroatoms. The minimum Gasteiger partial charge on any atom is -0.345 e. The second kappa shape index (κ2) is 7.44. The summed E-state index contributed by atoms with van der Waals surface area (Å²) in [4.78, 5) is 2.21. The van der Waals surface area contributed by atoms with Crippen LogP contribution in [0.1, 0.15) is 51.5 Å². The van der Waals surface area contributed by atoms with Gasteiger partial charge in [-0.3, -0.25) is 0 Å². The van der Waals surface area contributed by atoms with Crippen molar-refractivity contribution in [2.75, 3.05) is 4.90 Å². The molecule has 1 nitrogen and oxygen atoms in total. The van der Waals surface area contributed by atoms with Crippen molar-refractivity contribution in [2.24, 2.45) is 0 Å². The fraction of sp³-hybridized carbons (Fsp3) is 0.400. The van der Waals surface area contributed by atoms with Gasteiger partial charge in [-0.1, -0.05) is 44.1 Å². The molecule has 2 rings (SSSR count). The molecule has 1 saturated carbocycles. The minimum atomic E-state index is -0.227. The summed E-state index contributed by atoms with van der Waals surface area (Å²) in [5.41, 5.74) is 3.86. The number of rotatable bonds is 5. The standard InChI is InChI=1S/C20H26FN/c1-5-22(18-9-7-6-8-10-18)20-12-11-17(21)14-19(20)16(4)13-15(2)3/h5,11-14,18H,1,4,6-10H2,2-3H3. The van der Waals surface area contributed by atoms with Crippen LogP contribution >= 0.6 is 0 Å². The Balaban J connectivity index is 2.41. The van der Waals surface area contributed by atoms with Gasteiger partial charge in [0.05, 0.1) is 0 Å². The molecule has 1 aromatic carbocycles. The summed E-state index contributed by atoms with van der Waals surface area (Å²) >= 11 is 0. The van der Waals surface area contributed by atoms with Gasteiger partial charge in [-0.25, -0.2) is 4.39 Å². The predicted molar refractivity (Wildman–Crippen MR) is 94.4 cm³/mol. The van der Waals surface area contributed by atoms with Crippen LogP contribution in [0, 0.1) is 5.82 Å². The van der Waals surface area contributed by atoms with Crippen LogP contribution in [0.15, 0.2) is 49.2 Å². The van der Waals surface area contributed by atoms with Crippen LogP contribution in [0.3, 0.4) is 0 Å². The van der Waals surface area contributed by atoms with Gasteiger partial charge in [0.1, 0.15) is 5.82 Å². The molecule has 0 radical (unpaired) electrons. The molecular formula is C20H26FN. The molecule has 1 fully saturated rings. The highest BCUT2D eigenvalue weighted by Crippen LogP contribution is 2.34. The van der Waals surface area contributed by atoms with Gasteiger partial charge in [-0.15, -0.1) is 0 Å². The Morgan fingerprint density at radius 1 is 1.23 bits per heavy atom. The lowest BCUT2D eigenvalue weighted by molar-refractivity contribution is 0.434. The SMILES string of the molecule is C=CN(c1ccc(F)cc1C(=C)C=C(C)C)C1CCCCC1. The van der Waals surface area contributed by atoms with Crippen LogP contribution in [0.4, 0.5) is 10.1 Å². The molecule has 0 unspecified atom stereocenters. The zero-order valence-corrected chi connectivity index (χ0v) is 13.7. The molecular weight excluding hydrogens is 273 g/mol. The van der Waals surface area contributed by atoms with Crippen molar-refractivity contribution in [1.29, 1.82) is 0 Å². The summed E-state index contributed by atoms with van der Waals surface area (Å²) in [7, 11) is 0. The molecule has 118 valence electrons. The van der Waals surface area contributed by atoms with Crippen LogP contribution in [-0.4, -0.2) is 6.04 Å². The summed E-state index contributed by atoms with van der Waals surface area (Å²) in [6.07, 6.45) is 10.0. The lowest BCUT2D eigenvalue weighted by Gasteiger charge is -2.34. The summed E-state index contributed by atoms with van der Waals surface area (Å²) in [6, 6.07) is 5.41. The fourth-order valence-electron chi connectivity index (χ4n) is 3.22. The second-order valence-electron chi connectivity index (χ2n) is 6.29. The van der Waals surface area contributed by atoms with Crippen LogP contribution in [-0.2, 0) is 0 Å². The van der Waals surface area contributed by atoms with E-state index in [1.54, 1.807) is 6.07 Å². The van der Waals surface area contributed by atoms with Crippen molar-refractivity contribution < 1.29 is 4.39 Å². The first kappa shape index (κ1) is 16.5. The molecule has 0 spiro atoms. The number of hydrogen-bond donors (Lipinski definition) is 0. The Labute approximate surface area is 133 Å². The summed E-state index contributed by atoms with van der Waals surface area (Å²) in [5.74, 6) is -0.227. The van der Waals surface area contributed by atoms with E-state index in [1.807, 2.05) is 32.2 Å². The fourth-order valence-corrected chi connectivity index (χ4v) is 3.22. The Kier molecular flexibility index (Phi) is 5.59. The molecule has 0 N–H and O–H groups in total. The summed E-state index contributed by atoms with van der Waals surface area (Å²) in [5, 5.41) is 0. The van der Waals surface area contributed by atoms with Gasteiger partial charge < -0.3 is 4.90 Å². The number of benzene rings is 1. The monoisotopic (exact) mass is 299 g/mol. The maximum absolute atomic E-state index is 13.7. The molecule has 0 bridgehead atoms. The zero-order valence-electron chi connectivity index (χ0n) is 13.7. The van der Waals surface area contributed by atoms with E-state index >= 15 is 0 Å². The quantitative estimate of drug-likeness (QED) is 0.595. The molecule has 0 atom stereocenters. The molecule has 1 aliphatic rings. The lowest BCUT2D eigenvalue weighted by Crippen LogP contribution is -2.32. The second-order valence-corrected chi connectivity index (χ2v) is 6.29. The highest BCUT2D eigenvalue weighted by molar-refractivity contribution is 5.82.